The number of hydrogen-bond acceptors (Lipinski definition) is 0. The monoisotopic (exact) mass is 573 g/mol. The van der Waals surface area contributed by atoms with Crippen molar-refractivity contribution in [2.45, 2.75) is 0 Å². The Bertz CT molecular complexity index is 2760. The zero-order valence-electron chi connectivity index (χ0n) is 24.4. The van der Waals surface area contributed by atoms with Crippen molar-refractivity contribution in [3.05, 3.63) is 158 Å². The molecule has 7 aromatic carbocycles. The van der Waals surface area contributed by atoms with Crippen LogP contribution in [-0.4, -0.2) is 14.1 Å². The molecule has 0 aliphatic heterocycles. The summed E-state index contributed by atoms with van der Waals surface area (Å²) in [5.74, 6) is 0. The van der Waals surface area contributed by atoms with Crippen LogP contribution in [0, 0.1) is 0 Å². The lowest BCUT2D eigenvalue weighted by molar-refractivity contribution is 1.17. The highest BCUT2D eigenvalue weighted by molar-refractivity contribution is 6.23. The van der Waals surface area contributed by atoms with Gasteiger partial charge in [-0.25, -0.2) is 0 Å². The summed E-state index contributed by atoms with van der Waals surface area (Å²) in [5.41, 5.74) is 11.9. The van der Waals surface area contributed by atoms with Crippen LogP contribution in [0.3, 0.4) is 0 Å². The van der Waals surface area contributed by atoms with Crippen LogP contribution in [0.4, 0.5) is 0 Å². The van der Waals surface area contributed by atoms with E-state index in [-0.39, 0.29) is 0 Å². The van der Waals surface area contributed by atoms with Crippen molar-refractivity contribution >= 4 is 65.4 Å². The van der Waals surface area contributed by atoms with Crippen molar-refractivity contribution in [2.24, 2.45) is 0 Å². The van der Waals surface area contributed by atoms with Crippen LogP contribution in [0.25, 0.3) is 87.9 Å². The number of nitrogens with zero attached hydrogens (tertiary/aromatic N) is 2. The highest BCUT2D eigenvalue weighted by Gasteiger charge is 2.19. The van der Waals surface area contributed by atoms with E-state index in [4.69, 9.17) is 0 Å². The van der Waals surface area contributed by atoms with Crippen molar-refractivity contribution in [1.29, 1.82) is 0 Å². The van der Waals surface area contributed by atoms with E-state index in [9.17, 15) is 0 Å². The quantitative estimate of drug-likeness (QED) is 0.218. The van der Waals surface area contributed by atoms with Crippen LogP contribution in [-0.2, 0) is 0 Å². The van der Waals surface area contributed by atoms with E-state index < -0.39 is 0 Å². The van der Waals surface area contributed by atoms with Crippen LogP contribution in [0.1, 0.15) is 0 Å². The normalized spacial score (nSPS) is 12.0. The first-order valence-electron chi connectivity index (χ1n) is 15.5. The second-order valence-electron chi connectivity index (χ2n) is 11.9. The molecule has 0 saturated carbocycles. The Kier molecular flexibility index (Phi) is 5.00. The smallest absolute Gasteiger partial charge is 0.0783 e. The zero-order chi connectivity index (χ0) is 29.5. The Labute approximate surface area is 259 Å². The Morgan fingerprint density at radius 1 is 0.356 bits per heavy atom. The third kappa shape index (κ3) is 3.46. The van der Waals surface area contributed by atoms with Gasteiger partial charge in [0, 0.05) is 49.2 Å². The molecular formula is C42H27N3. The van der Waals surface area contributed by atoms with E-state index in [1.54, 1.807) is 0 Å². The number of H-pyrrole nitrogens is 1. The van der Waals surface area contributed by atoms with Gasteiger partial charge in [-0.3, -0.25) is 0 Å². The summed E-state index contributed by atoms with van der Waals surface area (Å²) in [6, 6.07) is 57.1. The van der Waals surface area contributed by atoms with E-state index in [1.165, 1.54) is 71.0 Å². The first kappa shape index (κ1) is 24.4. The molecule has 0 aliphatic carbocycles. The van der Waals surface area contributed by atoms with Crippen molar-refractivity contribution in [3.63, 3.8) is 0 Å². The van der Waals surface area contributed by atoms with E-state index in [0.717, 1.165) is 16.9 Å². The van der Waals surface area contributed by atoms with E-state index >= 15 is 0 Å². The number of nitrogens with one attached hydrogen (secondary N) is 1. The van der Waals surface area contributed by atoms with Gasteiger partial charge in [-0.05, 0) is 59.7 Å². The topological polar surface area (TPSA) is 25.6 Å². The average Bonchev–Trinajstić information content (AvgIpc) is 3.76. The molecule has 45 heavy (non-hydrogen) atoms. The fraction of sp³-hybridized carbons (Fsp3) is 0. The average molecular weight is 574 g/mol. The number of fused-ring (bicyclic) bond motifs is 10. The second-order valence-corrected chi connectivity index (χ2v) is 11.9. The van der Waals surface area contributed by atoms with Crippen LogP contribution < -0.4 is 0 Å². The fourth-order valence-electron chi connectivity index (χ4n) is 7.47. The number of rotatable bonds is 3. The molecule has 0 unspecified atom stereocenters. The molecule has 3 heterocycles. The Hall–Kier alpha value is -6.06. The largest absolute Gasteiger partial charge is 0.353 e. The maximum atomic E-state index is 3.78. The van der Waals surface area contributed by atoms with Gasteiger partial charge in [-0.15, -0.1) is 0 Å². The number of para-hydroxylation sites is 3. The molecule has 0 spiro atoms. The molecule has 0 radical (unpaired) electrons. The van der Waals surface area contributed by atoms with Crippen LogP contribution >= 0.6 is 0 Å². The summed E-state index contributed by atoms with van der Waals surface area (Å²) in [6.07, 6.45) is 0. The highest BCUT2D eigenvalue weighted by atomic mass is 15.0. The minimum absolute atomic E-state index is 1.15. The zero-order valence-corrected chi connectivity index (χ0v) is 24.4. The molecular weight excluding hydrogens is 546 g/mol. The molecule has 3 heteroatoms. The lowest BCUT2D eigenvalue weighted by Crippen LogP contribution is -1.96. The standard InChI is InChI=1S/C42H27N3/c1-2-11-27(12-3-1)28-13-10-14-29(25-28)44-38-19-8-6-17-33(38)36-26-30(21-24-40(36)44)45-39-20-9-5-16-32(39)35-23-22-34-31-15-4-7-18-37(31)43-41(34)42(35)45/h1-26,43H. The molecule has 10 rings (SSSR count). The van der Waals surface area contributed by atoms with Gasteiger partial charge in [0.2, 0.25) is 0 Å². The molecule has 0 aliphatic rings. The summed E-state index contributed by atoms with van der Waals surface area (Å²) in [4.78, 5) is 3.78. The van der Waals surface area contributed by atoms with Gasteiger partial charge in [0.05, 0.1) is 27.6 Å². The first-order chi connectivity index (χ1) is 22.3. The van der Waals surface area contributed by atoms with Crippen molar-refractivity contribution in [3.8, 4) is 22.5 Å². The number of hydrogen-bond donors (Lipinski definition) is 1. The second kappa shape index (κ2) is 9.22. The first-order valence-corrected chi connectivity index (χ1v) is 15.5. The lowest BCUT2D eigenvalue weighted by atomic mass is 10.1. The van der Waals surface area contributed by atoms with Crippen molar-refractivity contribution in [1.82, 2.24) is 14.1 Å². The van der Waals surface area contributed by atoms with Gasteiger partial charge in [0.15, 0.2) is 0 Å². The van der Waals surface area contributed by atoms with Crippen LogP contribution in [0.15, 0.2) is 158 Å². The van der Waals surface area contributed by atoms with E-state index in [0.29, 0.717) is 0 Å². The third-order valence-electron chi connectivity index (χ3n) is 9.44. The predicted molar refractivity (Wildman–Crippen MR) is 190 cm³/mol. The summed E-state index contributed by atoms with van der Waals surface area (Å²) in [6.45, 7) is 0. The van der Waals surface area contributed by atoms with Gasteiger partial charge in [0.1, 0.15) is 0 Å². The molecule has 0 amide bonds. The number of aromatic amines is 1. The molecule has 1 N–H and O–H groups in total. The molecule has 0 saturated heterocycles. The molecule has 3 aromatic heterocycles. The molecule has 0 atom stereocenters. The molecule has 0 bridgehead atoms. The highest BCUT2D eigenvalue weighted by Crippen LogP contribution is 2.40. The van der Waals surface area contributed by atoms with Crippen LogP contribution in [0.5, 0.6) is 0 Å². The van der Waals surface area contributed by atoms with Gasteiger partial charge < -0.3 is 14.1 Å². The lowest BCUT2D eigenvalue weighted by Gasteiger charge is -2.12. The maximum Gasteiger partial charge on any atom is 0.0783 e. The fourth-order valence-corrected chi connectivity index (χ4v) is 7.47. The van der Waals surface area contributed by atoms with Crippen molar-refractivity contribution < 1.29 is 0 Å². The number of benzene rings is 7. The van der Waals surface area contributed by atoms with Crippen molar-refractivity contribution in [2.75, 3.05) is 0 Å². The van der Waals surface area contributed by atoms with E-state index in [1.807, 2.05) is 0 Å². The summed E-state index contributed by atoms with van der Waals surface area (Å²) < 4.78 is 4.85. The maximum absolute atomic E-state index is 3.78. The van der Waals surface area contributed by atoms with Gasteiger partial charge >= 0.3 is 0 Å². The Morgan fingerprint density at radius 2 is 0.978 bits per heavy atom. The minimum atomic E-state index is 1.15. The van der Waals surface area contributed by atoms with E-state index in [2.05, 4.69) is 172 Å². The summed E-state index contributed by atoms with van der Waals surface area (Å²) in [7, 11) is 0. The molecule has 10 aromatic rings. The minimum Gasteiger partial charge on any atom is -0.353 e. The Balaban J connectivity index is 1.27. The van der Waals surface area contributed by atoms with Gasteiger partial charge in [-0.1, -0.05) is 109 Å². The van der Waals surface area contributed by atoms with Gasteiger partial charge in [0.25, 0.3) is 0 Å². The predicted octanol–water partition coefficient (Wildman–Crippen LogP) is 11.2. The summed E-state index contributed by atoms with van der Waals surface area (Å²) >= 11 is 0. The number of aromatic nitrogens is 3. The SMILES string of the molecule is c1ccc(-c2cccc(-n3c4ccccc4c4cc(-n5c6ccccc6c6ccc7c8ccccc8[nH]c7c65)ccc43)c2)cc1. The molecule has 3 nitrogen and oxygen atoms in total. The van der Waals surface area contributed by atoms with Crippen LogP contribution in [0.2, 0.25) is 0 Å². The summed E-state index contributed by atoms with van der Waals surface area (Å²) in [5, 5.41) is 7.50. The Morgan fingerprint density at radius 3 is 1.82 bits per heavy atom. The molecule has 210 valence electrons. The third-order valence-corrected chi connectivity index (χ3v) is 9.44. The van der Waals surface area contributed by atoms with Gasteiger partial charge in [-0.2, -0.15) is 0 Å². The molecule has 0 fully saturated rings.